The predicted octanol–water partition coefficient (Wildman–Crippen LogP) is 0.429. The van der Waals surface area contributed by atoms with E-state index in [2.05, 4.69) is 5.10 Å². The van der Waals surface area contributed by atoms with Crippen LogP contribution in [-0.4, -0.2) is 26.9 Å². The molecule has 0 saturated heterocycles. The van der Waals surface area contributed by atoms with Crippen molar-refractivity contribution in [1.29, 1.82) is 0 Å². The third-order valence-corrected chi connectivity index (χ3v) is 3.13. The van der Waals surface area contributed by atoms with E-state index in [0.29, 0.717) is 11.4 Å². The zero-order valence-electron chi connectivity index (χ0n) is 9.32. The molecule has 1 aliphatic carbocycles. The van der Waals surface area contributed by atoms with Crippen LogP contribution in [0.1, 0.15) is 24.3 Å². The molecule has 1 heterocycles. The minimum absolute atomic E-state index is 0.474. The maximum atomic E-state index is 9.34. The summed E-state index contributed by atoms with van der Waals surface area (Å²) in [6, 6.07) is 7.49. The zero-order valence-corrected chi connectivity index (χ0v) is 9.32. The van der Waals surface area contributed by atoms with Crippen molar-refractivity contribution >= 4 is 12.6 Å². The van der Waals surface area contributed by atoms with Crippen molar-refractivity contribution in [2.24, 2.45) is 0 Å². The van der Waals surface area contributed by atoms with Gasteiger partial charge in [-0.05, 0) is 48.0 Å². The van der Waals surface area contributed by atoms with Crippen molar-refractivity contribution < 1.29 is 10.0 Å². The van der Waals surface area contributed by atoms with Crippen molar-refractivity contribution in [3.8, 4) is 5.69 Å². The number of nitrogens with zero attached hydrogens (tertiary/aromatic N) is 2. The van der Waals surface area contributed by atoms with Crippen molar-refractivity contribution in [2.45, 2.75) is 18.8 Å². The molecule has 86 valence electrons. The molecule has 5 heteroatoms. The van der Waals surface area contributed by atoms with Gasteiger partial charge in [0.2, 0.25) is 0 Å². The first-order chi connectivity index (χ1) is 8.25. The smallest absolute Gasteiger partial charge is 0.423 e. The Morgan fingerprint density at radius 1 is 1.29 bits per heavy atom. The Balaban J connectivity index is 2.06. The van der Waals surface area contributed by atoms with E-state index in [-0.39, 0.29) is 0 Å². The summed E-state index contributed by atoms with van der Waals surface area (Å²) in [7, 11) is -1.39. The minimum Gasteiger partial charge on any atom is -0.423 e. The van der Waals surface area contributed by atoms with Crippen LogP contribution in [0, 0.1) is 0 Å². The monoisotopic (exact) mass is 228 g/mol. The summed E-state index contributed by atoms with van der Waals surface area (Å²) in [6.45, 7) is 0. The van der Waals surface area contributed by atoms with Gasteiger partial charge in [-0.3, -0.25) is 0 Å². The van der Waals surface area contributed by atoms with Crippen LogP contribution in [0.15, 0.2) is 36.7 Å². The molecule has 0 spiro atoms. The first kappa shape index (κ1) is 10.6. The summed E-state index contributed by atoms with van der Waals surface area (Å²) in [6.07, 6.45) is 5.86. The third kappa shape index (κ3) is 1.99. The number of hydrogen-bond acceptors (Lipinski definition) is 3. The highest BCUT2D eigenvalue weighted by Crippen LogP contribution is 2.39. The van der Waals surface area contributed by atoms with Gasteiger partial charge in [-0.25, -0.2) is 4.68 Å². The molecule has 0 bridgehead atoms. The summed E-state index contributed by atoms with van der Waals surface area (Å²) in [5.74, 6) is 0.474. The fourth-order valence-corrected chi connectivity index (χ4v) is 2.11. The highest BCUT2D eigenvalue weighted by atomic mass is 16.4. The second-order valence-electron chi connectivity index (χ2n) is 4.41. The van der Waals surface area contributed by atoms with E-state index in [1.165, 1.54) is 0 Å². The molecule has 1 aromatic heterocycles. The Hall–Kier alpha value is -1.59. The molecule has 1 saturated carbocycles. The van der Waals surface area contributed by atoms with E-state index < -0.39 is 7.12 Å². The predicted molar refractivity (Wildman–Crippen MR) is 65.4 cm³/mol. The van der Waals surface area contributed by atoms with Crippen molar-refractivity contribution in [3.63, 3.8) is 0 Å². The highest BCUT2D eigenvalue weighted by molar-refractivity contribution is 6.59. The average Bonchev–Trinajstić information content (AvgIpc) is 3.03. The topological polar surface area (TPSA) is 58.3 Å². The Kier molecular flexibility index (Phi) is 2.50. The minimum atomic E-state index is -1.39. The summed E-state index contributed by atoms with van der Waals surface area (Å²) < 4.78 is 1.78. The summed E-state index contributed by atoms with van der Waals surface area (Å²) in [4.78, 5) is 0. The van der Waals surface area contributed by atoms with Gasteiger partial charge in [0.1, 0.15) is 0 Å². The van der Waals surface area contributed by atoms with Gasteiger partial charge in [0.25, 0.3) is 0 Å². The number of aromatic nitrogens is 2. The Morgan fingerprint density at radius 3 is 2.71 bits per heavy atom. The van der Waals surface area contributed by atoms with E-state index in [1.54, 1.807) is 16.9 Å². The van der Waals surface area contributed by atoms with Crippen LogP contribution in [0.25, 0.3) is 5.69 Å². The fraction of sp³-hybridized carbons (Fsp3) is 0.250. The van der Waals surface area contributed by atoms with Crippen molar-refractivity contribution in [3.05, 3.63) is 42.2 Å². The summed E-state index contributed by atoms with van der Waals surface area (Å²) in [5.41, 5.74) is 2.61. The lowest BCUT2D eigenvalue weighted by molar-refractivity contribution is 0.425. The molecule has 2 N–H and O–H groups in total. The lowest BCUT2D eigenvalue weighted by Crippen LogP contribution is -2.33. The van der Waals surface area contributed by atoms with Gasteiger partial charge in [-0.1, -0.05) is 6.07 Å². The second-order valence-corrected chi connectivity index (χ2v) is 4.41. The van der Waals surface area contributed by atoms with Gasteiger partial charge in [0.15, 0.2) is 0 Å². The van der Waals surface area contributed by atoms with Crippen LogP contribution in [0.5, 0.6) is 0 Å². The van der Waals surface area contributed by atoms with Gasteiger partial charge in [-0.15, -0.1) is 0 Å². The van der Waals surface area contributed by atoms with E-state index >= 15 is 0 Å². The molecule has 17 heavy (non-hydrogen) atoms. The molecule has 2 aromatic rings. The van der Waals surface area contributed by atoms with Gasteiger partial charge >= 0.3 is 7.12 Å². The van der Waals surface area contributed by atoms with Crippen molar-refractivity contribution in [1.82, 2.24) is 9.78 Å². The third-order valence-electron chi connectivity index (χ3n) is 3.13. The number of rotatable bonds is 3. The number of benzene rings is 1. The lowest BCUT2D eigenvalue weighted by atomic mass is 9.75. The van der Waals surface area contributed by atoms with Crippen LogP contribution >= 0.6 is 0 Å². The molecular formula is C12H13BN2O2. The van der Waals surface area contributed by atoms with E-state index in [0.717, 1.165) is 24.1 Å². The maximum Gasteiger partial charge on any atom is 0.488 e. The first-order valence-electron chi connectivity index (χ1n) is 5.75. The molecular weight excluding hydrogens is 215 g/mol. The lowest BCUT2D eigenvalue weighted by Gasteiger charge is -2.10. The van der Waals surface area contributed by atoms with E-state index in [1.807, 2.05) is 24.4 Å². The summed E-state index contributed by atoms with van der Waals surface area (Å²) in [5, 5.41) is 22.8. The quantitative estimate of drug-likeness (QED) is 0.749. The maximum absolute atomic E-state index is 9.34. The van der Waals surface area contributed by atoms with E-state index in [4.69, 9.17) is 0 Å². The van der Waals surface area contributed by atoms with Gasteiger partial charge < -0.3 is 10.0 Å². The van der Waals surface area contributed by atoms with Gasteiger partial charge in [-0.2, -0.15) is 5.10 Å². The van der Waals surface area contributed by atoms with Crippen molar-refractivity contribution in [2.75, 3.05) is 0 Å². The molecule has 0 radical (unpaired) electrons. The average molecular weight is 228 g/mol. The molecule has 3 rings (SSSR count). The van der Waals surface area contributed by atoms with E-state index in [9.17, 15) is 10.0 Å². The molecule has 0 atom stereocenters. The Labute approximate surface area is 99.7 Å². The van der Waals surface area contributed by atoms with Crippen LogP contribution in [-0.2, 0) is 0 Å². The van der Waals surface area contributed by atoms with Crippen LogP contribution in [0.3, 0.4) is 0 Å². The fourth-order valence-electron chi connectivity index (χ4n) is 2.11. The van der Waals surface area contributed by atoms with Crippen LogP contribution in [0.2, 0.25) is 0 Å². The highest BCUT2D eigenvalue weighted by Gasteiger charge is 2.29. The largest absolute Gasteiger partial charge is 0.488 e. The second kappa shape index (κ2) is 4.02. The zero-order chi connectivity index (χ0) is 11.8. The molecule has 1 aliphatic rings. The molecule has 0 amide bonds. The van der Waals surface area contributed by atoms with Gasteiger partial charge in [0, 0.05) is 12.4 Å². The standard InChI is InChI=1S/C12H13BN2O2/c16-13(17)12-5-4-10(15-7-1-6-14-15)8-11(12)9-2-3-9/h1,4-9,16-17H,2-3H2. The number of hydrogen-bond donors (Lipinski definition) is 2. The first-order valence-corrected chi connectivity index (χ1v) is 5.75. The summed E-state index contributed by atoms with van der Waals surface area (Å²) >= 11 is 0. The normalized spacial score (nSPS) is 14.9. The molecule has 0 aliphatic heterocycles. The molecule has 1 fully saturated rings. The molecule has 0 unspecified atom stereocenters. The van der Waals surface area contributed by atoms with Crippen LogP contribution < -0.4 is 5.46 Å². The SMILES string of the molecule is OB(O)c1ccc(-n2cccn2)cc1C1CC1. The van der Waals surface area contributed by atoms with Gasteiger partial charge in [0.05, 0.1) is 5.69 Å². The molecule has 1 aromatic carbocycles. The Morgan fingerprint density at radius 2 is 2.12 bits per heavy atom. The Bertz CT molecular complexity index is 521. The van der Waals surface area contributed by atoms with Crippen LogP contribution in [0.4, 0.5) is 0 Å². The molecule has 4 nitrogen and oxygen atoms in total.